The van der Waals surface area contributed by atoms with Crippen LogP contribution >= 0.6 is 11.3 Å². The normalized spacial score (nSPS) is 18.7. The summed E-state index contributed by atoms with van der Waals surface area (Å²) >= 11 is 1.75. The number of carbonyl (C=O) groups is 1. The number of fused-ring (bicyclic) bond motifs is 1. The second-order valence-corrected chi connectivity index (χ2v) is 11.9. The van der Waals surface area contributed by atoms with E-state index in [-0.39, 0.29) is 22.3 Å². The lowest BCUT2D eigenvalue weighted by Gasteiger charge is -2.36. The van der Waals surface area contributed by atoms with Gasteiger partial charge in [-0.3, -0.25) is 4.79 Å². The summed E-state index contributed by atoms with van der Waals surface area (Å²) < 4.78 is 28.7. The SMILES string of the molecule is N#Cc1ccccc1S(=O)(=O)N1CCC(C(=O)N2CCC(c3nc4ccccc4s3)CC2)CC1. The summed E-state index contributed by atoms with van der Waals surface area (Å²) in [7, 11) is -3.75. The third kappa shape index (κ3) is 4.33. The standard InChI is InChI=1S/C25H26N4O3S2/c26-17-20-5-1-4-8-23(20)34(31,32)29-15-11-19(12-16-29)25(30)28-13-9-18(10-14-28)24-27-21-6-2-3-7-22(21)33-24/h1-8,18-19H,9-16H2. The first kappa shape index (κ1) is 23.0. The number of benzene rings is 2. The molecule has 0 N–H and O–H groups in total. The van der Waals surface area contributed by atoms with Gasteiger partial charge in [0.25, 0.3) is 0 Å². The molecule has 1 aromatic heterocycles. The largest absolute Gasteiger partial charge is 0.342 e. The van der Waals surface area contributed by atoms with Crippen molar-refractivity contribution in [1.82, 2.24) is 14.2 Å². The van der Waals surface area contributed by atoms with E-state index in [9.17, 15) is 18.5 Å². The lowest BCUT2D eigenvalue weighted by Crippen LogP contribution is -2.46. The Morgan fingerprint density at radius 3 is 2.35 bits per heavy atom. The van der Waals surface area contributed by atoms with E-state index in [0.717, 1.165) is 23.4 Å². The van der Waals surface area contributed by atoms with E-state index in [1.807, 2.05) is 29.2 Å². The van der Waals surface area contributed by atoms with Crippen LogP contribution in [-0.2, 0) is 14.8 Å². The molecule has 0 saturated carbocycles. The molecule has 0 atom stereocenters. The monoisotopic (exact) mass is 494 g/mol. The van der Waals surface area contributed by atoms with E-state index in [1.165, 1.54) is 21.1 Å². The Balaban J connectivity index is 1.18. The van der Waals surface area contributed by atoms with E-state index in [0.29, 0.717) is 44.9 Å². The van der Waals surface area contributed by atoms with Crippen LogP contribution in [0.15, 0.2) is 53.4 Å². The lowest BCUT2D eigenvalue weighted by atomic mass is 9.93. The molecule has 2 aliphatic heterocycles. The number of aromatic nitrogens is 1. The maximum Gasteiger partial charge on any atom is 0.244 e. The highest BCUT2D eigenvalue weighted by Crippen LogP contribution is 2.35. The number of amides is 1. The molecule has 0 spiro atoms. The minimum atomic E-state index is -3.75. The van der Waals surface area contributed by atoms with Crippen LogP contribution in [-0.4, -0.2) is 54.7 Å². The molecular formula is C25H26N4O3S2. The topological polar surface area (TPSA) is 94.4 Å². The van der Waals surface area contributed by atoms with Crippen molar-refractivity contribution in [2.24, 2.45) is 5.92 Å². The second-order valence-electron chi connectivity index (χ2n) is 8.91. The molecule has 2 aliphatic rings. The number of nitriles is 1. The summed E-state index contributed by atoms with van der Waals surface area (Å²) in [6, 6.07) is 16.4. The highest BCUT2D eigenvalue weighted by molar-refractivity contribution is 7.89. The second kappa shape index (κ2) is 9.45. The van der Waals surface area contributed by atoms with E-state index in [2.05, 4.69) is 6.07 Å². The van der Waals surface area contributed by atoms with Gasteiger partial charge in [0, 0.05) is 38.0 Å². The van der Waals surface area contributed by atoms with Gasteiger partial charge in [0.1, 0.15) is 6.07 Å². The van der Waals surface area contributed by atoms with Gasteiger partial charge in [-0.15, -0.1) is 11.3 Å². The third-order valence-electron chi connectivity index (χ3n) is 6.89. The van der Waals surface area contributed by atoms with Crippen molar-refractivity contribution in [2.45, 2.75) is 36.5 Å². The van der Waals surface area contributed by atoms with Gasteiger partial charge in [-0.25, -0.2) is 13.4 Å². The molecule has 34 heavy (non-hydrogen) atoms. The number of likely N-dealkylation sites (tertiary alicyclic amines) is 1. The summed E-state index contributed by atoms with van der Waals surface area (Å²) in [6.07, 6.45) is 2.82. The molecular weight excluding hydrogens is 468 g/mol. The molecule has 0 radical (unpaired) electrons. The molecule has 2 aromatic carbocycles. The van der Waals surface area contributed by atoms with E-state index in [4.69, 9.17) is 4.98 Å². The van der Waals surface area contributed by atoms with Gasteiger partial charge in [-0.1, -0.05) is 24.3 Å². The van der Waals surface area contributed by atoms with Crippen molar-refractivity contribution in [3.05, 3.63) is 59.1 Å². The molecule has 0 bridgehead atoms. The van der Waals surface area contributed by atoms with Crippen LogP contribution in [0.2, 0.25) is 0 Å². The Morgan fingerprint density at radius 2 is 1.65 bits per heavy atom. The number of carbonyl (C=O) groups excluding carboxylic acids is 1. The van der Waals surface area contributed by atoms with Crippen LogP contribution in [0.4, 0.5) is 0 Å². The fourth-order valence-electron chi connectivity index (χ4n) is 4.94. The number of sulfonamides is 1. The number of hydrogen-bond donors (Lipinski definition) is 0. The molecule has 7 nitrogen and oxygen atoms in total. The molecule has 176 valence electrons. The summed E-state index contributed by atoms with van der Waals surface area (Å²) in [5, 5.41) is 10.4. The maximum absolute atomic E-state index is 13.2. The zero-order chi connectivity index (χ0) is 23.7. The van der Waals surface area contributed by atoms with Crippen molar-refractivity contribution in [2.75, 3.05) is 26.2 Å². The Kier molecular flexibility index (Phi) is 6.38. The fourth-order valence-corrected chi connectivity index (χ4v) is 7.68. The molecule has 5 rings (SSSR count). The highest BCUT2D eigenvalue weighted by atomic mass is 32.2. The molecule has 3 heterocycles. The first-order valence-electron chi connectivity index (χ1n) is 11.6. The zero-order valence-corrected chi connectivity index (χ0v) is 20.4. The minimum Gasteiger partial charge on any atom is -0.342 e. The van der Waals surface area contributed by atoms with Crippen LogP contribution in [0.5, 0.6) is 0 Å². The predicted molar refractivity (Wildman–Crippen MR) is 131 cm³/mol. The van der Waals surface area contributed by atoms with Crippen LogP contribution in [0.3, 0.4) is 0 Å². The lowest BCUT2D eigenvalue weighted by molar-refractivity contribution is -0.137. The summed E-state index contributed by atoms with van der Waals surface area (Å²) in [5.41, 5.74) is 1.19. The molecule has 0 unspecified atom stereocenters. The Labute approximate surface area is 203 Å². The maximum atomic E-state index is 13.2. The van der Waals surface area contributed by atoms with Crippen LogP contribution < -0.4 is 0 Å². The predicted octanol–water partition coefficient (Wildman–Crippen LogP) is 3.97. The number of thiazole rings is 1. The van der Waals surface area contributed by atoms with Crippen molar-refractivity contribution in [1.29, 1.82) is 5.26 Å². The van der Waals surface area contributed by atoms with Crippen molar-refractivity contribution >= 4 is 37.5 Å². The number of para-hydroxylation sites is 1. The summed E-state index contributed by atoms with van der Waals surface area (Å²) in [6.45, 7) is 2.02. The first-order chi connectivity index (χ1) is 16.5. The molecule has 0 aliphatic carbocycles. The molecule has 3 aromatic rings. The van der Waals surface area contributed by atoms with Gasteiger partial charge in [-0.2, -0.15) is 9.57 Å². The Hall–Kier alpha value is -2.80. The van der Waals surface area contributed by atoms with Gasteiger partial charge in [-0.05, 0) is 49.9 Å². The Morgan fingerprint density at radius 1 is 0.971 bits per heavy atom. The number of piperidine rings is 2. The number of rotatable bonds is 4. The third-order valence-corrected chi connectivity index (χ3v) is 10.1. The van der Waals surface area contributed by atoms with Gasteiger partial charge in [0.05, 0.1) is 25.7 Å². The summed E-state index contributed by atoms with van der Waals surface area (Å²) in [5.74, 6) is 0.363. The van der Waals surface area contributed by atoms with Gasteiger partial charge in [0.15, 0.2) is 0 Å². The minimum absolute atomic E-state index is 0.0409. The first-order valence-corrected chi connectivity index (χ1v) is 13.9. The molecule has 9 heteroatoms. The average Bonchev–Trinajstić information content (AvgIpc) is 3.33. The van der Waals surface area contributed by atoms with Gasteiger partial charge >= 0.3 is 0 Å². The smallest absolute Gasteiger partial charge is 0.244 e. The quantitative estimate of drug-likeness (QED) is 0.547. The van der Waals surface area contributed by atoms with Gasteiger partial charge < -0.3 is 4.90 Å². The molecule has 2 fully saturated rings. The van der Waals surface area contributed by atoms with E-state index < -0.39 is 10.0 Å². The molecule has 2 saturated heterocycles. The summed E-state index contributed by atoms with van der Waals surface area (Å²) in [4.78, 5) is 20.0. The zero-order valence-electron chi connectivity index (χ0n) is 18.8. The Bertz CT molecular complexity index is 1310. The van der Waals surface area contributed by atoms with Crippen molar-refractivity contribution in [3.63, 3.8) is 0 Å². The van der Waals surface area contributed by atoms with Crippen molar-refractivity contribution < 1.29 is 13.2 Å². The van der Waals surface area contributed by atoms with Crippen molar-refractivity contribution in [3.8, 4) is 6.07 Å². The van der Waals surface area contributed by atoms with Crippen LogP contribution in [0, 0.1) is 17.2 Å². The van der Waals surface area contributed by atoms with Crippen LogP contribution in [0.1, 0.15) is 42.2 Å². The van der Waals surface area contributed by atoms with E-state index in [1.54, 1.807) is 23.5 Å². The van der Waals surface area contributed by atoms with Gasteiger partial charge in [0.2, 0.25) is 15.9 Å². The van der Waals surface area contributed by atoms with E-state index >= 15 is 0 Å². The highest BCUT2D eigenvalue weighted by Gasteiger charge is 2.36. The van der Waals surface area contributed by atoms with Crippen LogP contribution in [0.25, 0.3) is 10.2 Å². The fraction of sp³-hybridized carbons (Fsp3) is 0.400. The number of hydrogen-bond acceptors (Lipinski definition) is 6. The number of nitrogens with zero attached hydrogens (tertiary/aromatic N) is 4. The molecule has 1 amide bonds. The average molecular weight is 495 g/mol.